The Balaban J connectivity index is 1.31. The number of aromatic amines is 1. The second-order valence-electron chi connectivity index (χ2n) is 11.0. The fourth-order valence-electron chi connectivity index (χ4n) is 4.77. The van der Waals surface area contributed by atoms with Gasteiger partial charge in [0.05, 0.1) is 5.25 Å². The van der Waals surface area contributed by atoms with E-state index in [1.807, 2.05) is 85.9 Å². The third kappa shape index (κ3) is 8.31. The summed E-state index contributed by atoms with van der Waals surface area (Å²) in [6, 6.07) is 31.8. The van der Waals surface area contributed by atoms with Crippen molar-refractivity contribution in [2.75, 3.05) is 10.6 Å². The van der Waals surface area contributed by atoms with Crippen molar-refractivity contribution in [3.05, 3.63) is 132 Å². The number of H-pyrrole nitrogens is 1. The third-order valence-electron chi connectivity index (χ3n) is 7.30. The molecule has 4 aromatic carbocycles. The number of hydrogen-bond acceptors (Lipinski definition) is 4. The molecule has 45 heavy (non-hydrogen) atoms. The van der Waals surface area contributed by atoms with Gasteiger partial charge in [-0.05, 0) is 83.5 Å². The van der Waals surface area contributed by atoms with Crippen LogP contribution in [0.15, 0.2) is 120 Å². The molecule has 8 heteroatoms. The molecule has 0 fully saturated rings. The van der Waals surface area contributed by atoms with E-state index in [4.69, 9.17) is 0 Å². The molecule has 1 aromatic heterocycles. The van der Waals surface area contributed by atoms with Crippen molar-refractivity contribution in [1.82, 2.24) is 10.3 Å². The molecule has 0 bridgehead atoms. The predicted molar refractivity (Wildman–Crippen MR) is 184 cm³/mol. The lowest BCUT2D eigenvalue weighted by atomic mass is 10.0. The normalized spacial score (nSPS) is 12.1. The first-order valence-electron chi connectivity index (χ1n) is 14.9. The lowest BCUT2D eigenvalue weighted by Gasteiger charge is -2.16. The standard InChI is InChI=1S/C37H36N4O3S/c1-4-34(37(44)40-30-18-17-27-19-20-38-32(27)23-30)45-31-12-8-11-29(22-31)39-36(43)33(41-35(42)28-9-6-5-7-10-28)21-25-13-15-26(16-14-25)24(2)3/h5-24,34,38H,4H2,1-3H3,(H,39,43)(H,40,44)(H,41,42)/b33-21+. The van der Waals surface area contributed by atoms with Crippen molar-refractivity contribution in [2.45, 2.75) is 43.3 Å². The van der Waals surface area contributed by atoms with Crippen LogP contribution in [0.25, 0.3) is 17.0 Å². The highest BCUT2D eigenvalue weighted by atomic mass is 32.2. The van der Waals surface area contributed by atoms with Crippen molar-refractivity contribution in [1.29, 1.82) is 0 Å². The van der Waals surface area contributed by atoms with Gasteiger partial charge in [-0.1, -0.05) is 75.4 Å². The first kappa shape index (κ1) is 31.3. The number of fused-ring (bicyclic) bond motifs is 1. The van der Waals surface area contributed by atoms with Gasteiger partial charge in [-0.3, -0.25) is 14.4 Å². The van der Waals surface area contributed by atoms with Gasteiger partial charge in [0.15, 0.2) is 0 Å². The first-order valence-corrected chi connectivity index (χ1v) is 15.8. The Morgan fingerprint density at radius 2 is 1.58 bits per heavy atom. The molecule has 0 radical (unpaired) electrons. The fraction of sp³-hybridized carbons (Fsp3) is 0.162. The van der Waals surface area contributed by atoms with E-state index < -0.39 is 5.91 Å². The molecule has 0 saturated heterocycles. The molecule has 1 atom stereocenters. The SMILES string of the molecule is CCC(Sc1cccc(NC(=O)/C(=C\c2ccc(C(C)C)cc2)NC(=O)c2ccccc2)c1)C(=O)Nc1ccc2cc[nH]c2c1. The number of rotatable bonds is 11. The lowest BCUT2D eigenvalue weighted by molar-refractivity contribution is -0.116. The van der Waals surface area contributed by atoms with Crippen molar-refractivity contribution >= 4 is 57.8 Å². The van der Waals surface area contributed by atoms with Gasteiger partial charge in [-0.15, -0.1) is 11.8 Å². The molecule has 0 spiro atoms. The van der Waals surface area contributed by atoms with E-state index in [2.05, 4.69) is 34.8 Å². The molecule has 1 heterocycles. The number of thioether (sulfide) groups is 1. The fourth-order valence-corrected chi connectivity index (χ4v) is 5.78. The van der Waals surface area contributed by atoms with Crippen LogP contribution in [-0.4, -0.2) is 28.0 Å². The maximum atomic E-state index is 13.6. The number of hydrogen-bond donors (Lipinski definition) is 4. The minimum absolute atomic E-state index is 0.0971. The molecule has 228 valence electrons. The Hall–Kier alpha value is -5.08. The Kier molecular flexibility index (Phi) is 10.2. The van der Waals surface area contributed by atoms with Gasteiger partial charge in [-0.2, -0.15) is 0 Å². The highest BCUT2D eigenvalue weighted by Gasteiger charge is 2.20. The minimum Gasteiger partial charge on any atom is -0.361 e. The summed E-state index contributed by atoms with van der Waals surface area (Å²) in [4.78, 5) is 43.8. The number of carbonyl (C=O) groups is 3. The van der Waals surface area contributed by atoms with E-state index in [-0.39, 0.29) is 22.8 Å². The summed E-state index contributed by atoms with van der Waals surface area (Å²) in [6.45, 7) is 6.21. The minimum atomic E-state index is -0.459. The number of benzene rings is 4. The summed E-state index contributed by atoms with van der Waals surface area (Å²) < 4.78 is 0. The van der Waals surface area contributed by atoms with Gasteiger partial charge in [0.25, 0.3) is 11.8 Å². The smallest absolute Gasteiger partial charge is 0.272 e. The van der Waals surface area contributed by atoms with Gasteiger partial charge >= 0.3 is 0 Å². The van der Waals surface area contributed by atoms with Crippen molar-refractivity contribution in [2.24, 2.45) is 0 Å². The molecule has 3 amide bonds. The predicted octanol–water partition coefficient (Wildman–Crippen LogP) is 8.21. The maximum Gasteiger partial charge on any atom is 0.272 e. The number of anilines is 2. The number of aromatic nitrogens is 1. The summed E-state index contributed by atoms with van der Waals surface area (Å²) >= 11 is 1.43. The van der Waals surface area contributed by atoms with E-state index in [9.17, 15) is 14.4 Å². The zero-order valence-electron chi connectivity index (χ0n) is 25.5. The Labute approximate surface area is 267 Å². The molecule has 7 nitrogen and oxygen atoms in total. The van der Waals surface area contributed by atoms with E-state index in [1.165, 1.54) is 17.3 Å². The summed E-state index contributed by atoms with van der Waals surface area (Å²) in [6.07, 6.45) is 4.15. The molecule has 1 unspecified atom stereocenters. The van der Waals surface area contributed by atoms with Crippen LogP contribution in [0.5, 0.6) is 0 Å². The van der Waals surface area contributed by atoms with Crippen molar-refractivity contribution < 1.29 is 14.4 Å². The van der Waals surface area contributed by atoms with Crippen LogP contribution in [0.4, 0.5) is 11.4 Å². The summed E-state index contributed by atoms with van der Waals surface area (Å²) in [5, 5.41) is 9.48. The molecule has 0 aliphatic carbocycles. The van der Waals surface area contributed by atoms with Crippen LogP contribution in [0, 0.1) is 0 Å². The van der Waals surface area contributed by atoms with Crippen LogP contribution < -0.4 is 16.0 Å². The van der Waals surface area contributed by atoms with Gasteiger partial charge < -0.3 is 20.9 Å². The van der Waals surface area contributed by atoms with Crippen LogP contribution in [-0.2, 0) is 9.59 Å². The monoisotopic (exact) mass is 616 g/mol. The molecule has 5 rings (SSSR count). The first-order chi connectivity index (χ1) is 21.8. The largest absolute Gasteiger partial charge is 0.361 e. The highest BCUT2D eigenvalue weighted by molar-refractivity contribution is 8.00. The average molecular weight is 617 g/mol. The second kappa shape index (κ2) is 14.6. The van der Waals surface area contributed by atoms with Gasteiger partial charge in [-0.25, -0.2) is 0 Å². The molecular weight excluding hydrogens is 580 g/mol. The van der Waals surface area contributed by atoms with Crippen molar-refractivity contribution in [3.63, 3.8) is 0 Å². The molecular formula is C37H36N4O3S. The molecule has 4 N–H and O–H groups in total. The molecule has 5 aromatic rings. The van der Waals surface area contributed by atoms with Gasteiger partial charge in [0.2, 0.25) is 5.91 Å². The summed E-state index contributed by atoms with van der Waals surface area (Å²) in [5.74, 6) is -0.563. The van der Waals surface area contributed by atoms with Crippen molar-refractivity contribution in [3.8, 4) is 0 Å². The number of carbonyl (C=O) groups excluding carboxylic acids is 3. The van der Waals surface area contributed by atoms with Crippen LogP contribution in [0.3, 0.4) is 0 Å². The summed E-state index contributed by atoms with van der Waals surface area (Å²) in [7, 11) is 0. The quantitative estimate of drug-likeness (QED) is 0.0887. The molecule has 0 saturated carbocycles. The van der Waals surface area contributed by atoms with Gasteiger partial charge in [0, 0.05) is 33.5 Å². The van der Waals surface area contributed by atoms with Crippen LogP contribution in [0.1, 0.15) is 54.6 Å². The topological polar surface area (TPSA) is 103 Å². The molecule has 0 aliphatic rings. The Morgan fingerprint density at radius 3 is 2.31 bits per heavy atom. The second-order valence-corrected chi connectivity index (χ2v) is 12.2. The number of nitrogens with one attached hydrogen (secondary N) is 4. The average Bonchev–Trinajstić information content (AvgIpc) is 3.52. The van der Waals surface area contributed by atoms with E-state index in [1.54, 1.807) is 36.4 Å². The number of amides is 3. The third-order valence-corrected chi connectivity index (χ3v) is 8.66. The van der Waals surface area contributed by atoms with Crippen LogP contribution in [0.2, 0.25) is 0 Å². The maximum absolute atomic E-state index is 13.6. The Morgan fingerprint density at radius 1 is 0.822 bits per heavy atom. The van der Waals surface area contributed by atoms with E-state index >= 15 is 0 Å². The highest BCUT2D eigenvalue weighted by Crippen LogP contribution is 2.29. The lowest BCUT2D eigenvalue weighted by Crippen LogP contribution is -2.30. The summed E-state index contributed by atoms with van der Waals surface area (Å²) in [5.41, 5.74) is 4.76. The van der Waals surface area contributed by atoms with Crippen LogP contribution >= 0.6 is 11.8 Å². The zero-order chi connectivity index (χ0) is 31.8. The molecule has 0 aliphatic heterocycles. The van der Waals surface area contributed by atoms with Gasteiger partial charge in [0.1, 0.15) is 5.70 Å². The van der Waals surface area contributed by atoms with E-state index in [0.29, 0.717) is 23.6 Å². The zero-order valence-corrected chi connectivity index (χ0v) is 26.3. The van der Waals surface area contributed by atoms with E-state index in [0.717, 1.165) is 27.0 Å². The Bertz CT molecular complexity index is 1830.